The lowest BCUT2D eigenvalue weighted by Crippen LogP contribution is -2.36. The zero-order valence-corrected chi connectivity index (χ0v) is 14.5. The summed E-state index contributed by atoms with van der Waals surface area (Å²) in [6, 6.07) is 7.54. The molecule has 1 aromatic heterocycles. The van der Waals surface area contributed by atoms with Gasteiger partial charge < -0.3 is 10.2 Å². The molecule has 0 radical (unpaired) electrons. The van der Waals surface area contributed by atoms with Crippen LogP contribution >= 0.6 is 11.6 Å². The summed E-state index contributed by atoms with van der Waals surface area (Å²) in [6.45, 7) is 1.11. The van der Waals surface area contributed by atoms with Crippen LogP contribution in [0.15, 0.2) is 30.5 Å². The summed E-state index contributed by atoms with van der Waals surface area (Å²) in [6.07, 6.45) is 4.67. The minimum Gasteiger partial charge on any atom is -0.334 e. The Kier molecular flexibility index (Phi) is 4.17. The summed E-state index contributed by atoms with van der Waals surface area (Å²) >= 11 is 6.19. The van der Waals surface area contributed by atoms with Gasteiger partial charge in [0.25, 0.3) is 5.91 Å². The molecular formula is C19H18ClN3O2. The molecule has 2 aliphatic rings. The van der Waals surface area contributed by atoms with Gasteiger partial charge in [-0.3, -0.25) is 9.59 Å². The number of fused-ring (bicyclic) bond motifs is 2. The summed E-state index contributed by atoms with van der Waals surface area (Å²) in [7, 11) is 0. The van der Waals surface area contributed by atoms with Gasteiger partial charge in [-0.2, -0.15) is 0 Å². The quantitative estimate of drug-likeness (QED) is 0.799. The Bertz CT molecular complexity index is 866. The van der Waals surface area contributed by atoms with Gasteiger partial charge in [0, 0.05) is 42.5 Å². The number of aromatic nitrogens is 1. The van der Waals surface area contributed by atoms with E-state index in [0.29, 0.717) is 30.2 Å². The van der Waals surface area contributed by atoms with Gasteiger partial charge in [0.1, 0.15) is 5.15 Å². The van der Waals surface area contributed by atoms with Crippen molar-refractivity contribution in [2.75, 3.05) is 11.9 Å². The zero-order chi connectivity index (χ0) is 17.4. The molecule has 1 N–H and O–H groups in total. The number of aryl methyl sites for hydroxylation is 1. The van der Waals surface area contributed by atoms with E-state index in [1.54, 1.807) is 17.2 Å². The van der Waals surface area contributed by atoms with E-state index in [2.05, 4.69) is 10.3 Å². The summed E-state index contributed by atoms with van der Waals surface area (Å²) in [5.74, 6) is -0.0417. The molecule has 0 atom stereocenters. The maximum atomic E-state index is 12.9. The number of nitrogens with one attached hydrogen (secondary N) is 1. The average molecular weight is 356 g/mol. The topological polar surface area (TPSA) is 62.3 Å². The van der Waals surface area contributed by atoms with Crippen LogP contribution in [0.4, 0.5) is 5.69 Å². The molecule has 25 heavy (non-hydrogen) atoms. The highest BCUT2D eigenvalue weighted by Gasteiger charge is 2.24. The number of pyridine rings is 1. The summed E-state index contributed by atoms with van der Waals surface area (Å²) in [5, 5.41) is 3.37. The molecule has 0 saturated carbocycles. The highest BCUT2D eigenvalue weighted by molar-refractivity contribution is 6.30. The van der Waals surface area contributed by atoms with Crippen molar-refractivity contribution in [1.29, 1.82) is 0 Å². The van der Waals surface area contributed by atoms with Crippen molar-refractivity contribution in [3.63, 3.8) is 0 Å². The zero-order valence-electron chi connectivity index (χ0n) is 13.7. The first-order chi connectivity index (χ1) is 12.1. The molecule has 3 heterocycles. The average Bonchev–Trinajstić information content (AvgIpc) is 2.81. The second-order valence-corrected chi connectivity index (χ2v) is 6.85. The fraction of sp³-hybridized carbons (Fsp3) is 0.316. The van der Waals surface area contributed by atoms with Crippen LogP contribution < -0.4 is 5.32 Å². The van der Waals surface area contributed by atoms with Gasteiger partial charge in [0.15, 0.2) is 0 Å². The Labute approximate surface area is 151 Å². The Morgan fingerprint density at radius 1 is 1.16 bits per heavy atom. The number of amides is 2. The standard InChI is InChI=1S/C19H18ClN3O2/c20-18-15-11-23(9-7-12(15)6-8-21-18)19(25)14-5-4-13-2-1-3-17(24)22-16(13)10-14/h4-6,8,10H,1-3,7,9,11H2,(H,22,24). The molecule has 5 nitrogen and oxygen atoms in total. The SMILES string of the molecule is O=C1CCCc2ccc(C(=O)N3CCc4ccnc(Cl)c4C3)cc2N1. The van der Waals surface area contributed by atoms with Gasteiger partial charge in [0.05, 0.1) is 0 Å². The molecule has 2 amide bonds. The first-order valence-corrected chi connectivity index (χ1v) is 8.84. The van der Waals surface area contributed by atoms with Crippen LogP contribution in [-0.2, 0) is 24.2 Å². The Hall–Kier alpha value is -2.40. The third-order valence-electron chi connectivity index (χ3n) is 4.87. The largest absolute Gasteiger partial charge is 0.334 e. The maximum absolute atomic E-state index is 12.9. The lowest BCUT2D eigenvalue weighted by molar-refractivity contribution is -0.116. The fourth-order valence-corrected chi connectivity index (χ4v) is 3.72. The predicted molar refractivity (Wildman–Crippen MR) is 95.7 cm³/mol. The van der Waals surface area contributed by atoms with Crippen molar-refractivity contribution in [2.45, 2.75) is 32.2 Å². The molecule has 128 valence electrons. The van der Waals surface area contributed by atoms with Gasteiger partial charge in [0.2, 0.25) is 5.91 Å². The molecule has 4 rings (SSSR count). The molecule has 6 heteroatoms. The molecular weight excluding hydrogens is 338 g/mol. The summed E-state index contributed by atoms with van der Waals surface area (Å²) in [4.78, 5) is 30.6. The van der Waals surface area contributed by atoms with Crippen LogP contribution in [-0.4, -0.2) is 28.2 Å². The van der Waals surface area contributed by atoms with Crippen LogP contribution in [0.3, 0.4) is 0 Å². The third kappa shape index (κ3) is 3.12. The molecule has 0 aliphatic carbocycles. The van der Waals surface area contributed by atoms with Gasteiger partial charge in [-0.1, -0.05) is 17.7 Å². The van der Waals surface area contributed by atoms with Crippen LogP contribution in [0.2, 0.25) is 5.15 Å². The fourth-order valence-electron chi connectivity index (χ4n) is 3.48. The predicted octanol–water partition coefficient (Wildman–Crippen LogP) is 3.21. The molecule has 0 unspecified atom stereocenters. The first-order valence-electron chi connectivity index (χ1n) is 8.46. The molecule has 2 aromatic rings. The second-order valence-electron chi connectivity index (χ2n) is 6.49. The van der Waals surface area contributed by atoms with Gasteiger partial charge in [-0.15, -0.1) is 0 Å². The number of carbonyl (C=O) groups is 2. The molecule has 2 aliphatic heterocycles. The number of nitrogens with zero attached hydrogens (tertiary/aromatic N) is 2. The number of anilines is 1. The number of hydrogen-bond acceptors (Lipinski definition) is 3. The van der Waals surface area contributed by atoms with Crippen molar-refractivity contribution in [3.8, 4) is 0 Å². The normalized spacial score (nSPS) is 16.5. The minimum absolute atomic E-state index is 0.00750. The van der Waals surface area contributed by atoms with E-state index in [1.165, 1.54) is 0 Å². The Balaban J connectivity index is 1.60. The van der Waals surface area contributed by atoms with Crippen molar-refractivity contribution in [3.05, 3.63) is 57.9 Å². The van der Waals surface area contributed by atoms with E-state index >= 15 is 0 Å². The third-order valence-corrected chi connectivity index (χ3v) is 5.19. The van der Waals surface area contributed by atoms with Crippen molar-refractivity contribution in [2.24, 2.45) is 0 Å². The number of carbonyl (C=O) groups excluding carboxylic acids is 2. The van der Waals surface area contributed by atoms with Crippen LogP contribution in [0, 0.1) is 0 Å². The minimum atomic E-state index is -0.0492. The highest BCUT2D eigenvalue weighted by Crippen LogP contribution is 2.27. The van der Waals surface area contributed by atoms with Crippen molar-refractivity contribution < 1.29 is 9.59 Å². The Morgan fingerprint density at radius 3 is 2.92 bits per heavy atom. The van der Waals surface area contributed by atoms with Gasteiger partial charge in [-0.05, 0) is 48.6 Å². The number of benzene rings is 1. The monoisotopic (exact) mass is 355 g/mol. The first kappa shape index (κ1) is 16.1. The second kappa shape index (κ2) is 6.48. The van der Waals surface area contributed by atoms with E-state index in [4.69, 9.17) is 11.6 Å². The van der Waals surface area contributed by atoms with Gasteiger partial charge >= 0.3 is 0 Å². The smallest absolute Gasteiger partial charge is 0.254 e. The van der Waals surface area contributed by atoms with Crippen molar-refractivity contribution in [1.82, 2.24) is 9.88 Å². The lowest BCUT2D eigenvalue weighted by Gasteiger charge is -2.29. The molecule has 0 bridgehead atoms. The lowest BCUT2D eigenvalue weighted by atomic mass is 10.0. The van der Waals surface area contributed by atoms with E-state index in [-0.39, 0.29) is 11.8 Å². The number of rotatable bonds is 1. The van der Waals surface area contributed by atoms with E-state index in [1.807, 2.05) is 18.2 Å². The highest BCUT2D eigenvalue weighted by atomic mass is 35.5. The summed E-state index contributed by atoms with van der Waals surface area (Å²) in [5.41, 5.74) is 4.50. The van der Waals surface area contributed by atoms with Crippen LogP contribution in [0.25, 0.3) is 0 Å². The number of halogens is 1. The summed E-state index contributed by atoms with van der Waals surface area (Å²) < 4.78 is 0. The van der Waals surface area contributed by atoms with Crippen LogP contribution in [0.1, 0.15) is 39.9 Å². The van der Waals surface area contributed by atoms with Crippen LogP contribution in [0.5, 0.6) is 0 Å². The van der Waals surface area contributed by atoms with E-state index < -0.39 is 0 Å². The maximum Gasteiger partial charge on any atom is 0.254 e. The molecule has 0 fully saturated rings. The Morgan fingerprint density at radius 2 is 2.04 bits per heavy atom. The molecule has 0 spiro atoms. The number of hydrogen-bond donors (Lipinski definition) is 1. The van der Waals surface area contributed by atoms with E-state index in [9.17, 15) is 9.59 Å². The van der Waals surface area contributed by atoms with Gasteiger partial charge in [-0.25, -0.2) is 4.98 Å². The van der Waals surface area contributed by atoms with Crippen molar-refractivity contribution >= 4 is 29.1 Å². The van der Waals surface area contributed by atoms with E-state index in [0.717, 1.165) is 41.6 Å². The molecule has 1 aromatic carbocycles. The molecule has 0 saturated heterocycles.